The van der Waals surface area contributed by atoms with Gasteiger partial charge in [0.15, 0.2) is 6.54 Å². The highest BCUT2D eigenvalue weighted by molar-refractivity contribution is 7.89. The van der Waals surface area contributed by atoms with Gasteiger partial charge in [0.05, 0.1) is 4.90 Å². The Morgan fingerprint density at radius 1 is 1.07 bits per heavy atom. The van der Waals surface area contributed by atoms with Crippen LogP contribution in [0.1, 0.15) is 43.5 Å². The number of carbonyl (C=O) groups excluding carboxylic acids is 1. The van der Waals surface area contributed by atoms with Gasteiger partial charge >= 0.3 is 0 Å². The Morgan fingerprint density at radius 2 is 1.69 bits per heavy atom. The number of nitrogens with two attached hydrogens (primary N) is 1. The topological polar surface area (TPSA) is 83.1 Å². The number of quaternary nitrogens is 1. The molecule has 0 aliphatic rings. The number of amides is 1. The smallest absolute Gasteiger partial charge is 0.279 e. The monoisotopic (exact) mass is 418 g/mol. The molecule has 0 fully saturated rings. The van der Waals surface area contributed by atoms with Crippen molar-refractivity contribution in [1.29, 1.82) is 0 Å². The summed E-state index contributed by atoms with van der Waals surface area (Å²) in [7, 11) is -3.45. The van der Waals surface area contributed by atoms with E-state index in [0.717, 1.165) is 22.4 Å². The number of sulfonamides is 1. The van der Waals surface area contributed by atoms with Gasteiger partial charge in [-0.3, -0.25) is 4.79 Å². The van der Waals surface area contributed by atoms with E-state index in [2.05, 4.69) is 5.32 Å². The molecule has 7 heteroatoms. The number of aryl methyl sites for hydroxylation is 1. The van der Waals surface area contributed by atoms with Gasteiger partial charge in [-0.15, -0.1) is 0 Å². The SMILES string of the molecule is CCN(CC)S(=O)(=O)c1ccc([C@@H](C)[NH2+]CC(=O)Nc2cccc(C)c2C)cc1. The first-order valence-corrected chi connectivity index (χ1v) is 11.4. The molecule has 2 rings (SSSR count). The molecule has 29 heavy (non-hydrogen) atoms. The van der Waals surface area contributed by atoms with E-state index in [1.807, 2.05) is 70.3 Å². The number of hydrogen-bond acceptors (Lipinski definition) is 3. The van der Waals surface area contributed by atoms with Crippen LogP contribution in [0.2, 0.25) is 0 Å². The maximum absolute atomic E-state index is 12.6. The van der Waals surface area contributed by atoms with Crippen LogP contribution in [-0.4, -0.2) is 38.3 Å². The minimum absolute atomic E-state index is 0.0320. The first-order chi connectivity index (χ1) is 13.7. The van der Waals surface area contributed by atoms with E-state index < -0.39 is 10.0 Å². The summed E-state index contributed by atoms with van der Waals surface area (Å²) in [5, 5.41) is 4.90. The molecule has 158 valence electrons. The van der Waals surface area contributed by atoms with Crippen LogP contribution in [0.15, 0.2) is 47.4 Å². The van der Waals surface area contributed by atoms with Gasteiger partial charge < -0.3 is 10.6 Å². The number of nitrogens with zero attached hydrogens (tertiary/aromatic N) is 1. The normalized spacial score (nSPS) is 12.8. The summed E-state index contributed by atoms with van der Waals surface area (Å²) in [4.78, 5) is 12.6. The van der Waals surface area contributed by atoms with E-state index in [9.17, 15) is 13.2 Å². The van der Waals surface area contributed by atoms with Crippen molar-refractivity contribution in [2.24, 2.45) is 0 Å². The molecule has 0 saturated heterocycles. The zero-order valence-corrected chi connectivity index (χ0v) is 18.7. The zero-order valence-electron chi connectivity index (χ0n) is 17.9. The second-order valence-electron chi connectivity index (χ2n) is 7.18. The fourth-order valence-electron chi connectivity index (χ4n) is 3.16. The highest BCUT2D eigenvalue weighted by Crippen LogP contribution is 2.19. The molecular formula is C22H32N3O3S+. The molecule has 3 N–H and O–H groups in total. The Bertz CT molecular complexity index is 936. The molecule has 0 unspecified atom stereocenters. The van der Waals surface area contributed by atoms with Crippen molar-refractivity contribution < 1.29 is 18.5 Å². The van der Waals surface area contributed by atoms with Crippen LogP contribution in [0.5, 0.6) is 0 Å². The van der Waals surface area contributed by atoms with Crippen molar-refractivity contribution in [3.8, 4) is 0 Å². The number of nitrogens with one attached hydrogen (secondary N) is 1. The third kappa shape index (κ3) is 5.65. The van der Waals surface area contributed by atoms with Crippen molar-refractivity contribution in [2.45, 2.75) is 45.6 Å². The molecule has 6 nitrogen and oxygen atoms in total. The fraction of sp³-hybridized carbons (Fsp3) is 0.409. The Hall–Kier alpha value is -2.22. The Labute approximate surface area is 174 Å². The predicted molar refractivity (Wildman–Crippen MR) is 116 cm³/mol. The van der Waals surface area contributed by atoms with Crippen molar-refractivity contribution in [3.63, 3.8) is 0 Å². The molecule has 0 spiro atoms. The van der Waals surface area contributed by atoms with E-state index in [0.29, 0.717) is 18.0 Å². The Kier molecular flexibility index (Phi) is 7.96. The largest absolute Gasteiger partial charge is 0.333 e. The van der Waals surface area contributed by atoms with Crippen molar-refractivity contribution in [2.75, 3.05) is 25.0 Å². The maximum Gasteiger partial charge on any atom is 0.279 e. The Morgan fingerprint density at radius 3 is 2.28 bits per heavy atom. The summed E-state index contributed by atoms with van der Waals surface area (Å²) >= 11 is 0. The quantitative estimate of drug-likeness (QED) is 0.657. The molecule has 0 aliphatic carbocycles. The van der Waals surface area contributed by atoms with Crippen LogP contribution in [0.25, 0.3) is 0 Å². The summed E-state index contributed by atoms with van der Waals surface area (Å²) in [5.74, 6) is -0.0636. The summed E-state index contributed by atoms with van der Waals surface area (Å²) in [6.07, 6.45) is 0. The molecule has 0 aliphatic heterocycles. The van der Waals surface area contributed by atoms with Crippen LogP contribution in [0, 0.1) is 13.8 Å². The van der Waals surface area contributed by atoms with Crippen molar-refractivity contribution in [3.05, 3.63) is 59.2 Å². The molecule has 0 aromatic heterocycles. The fourth-order valence-corrected chi connectivity index (χ4v) is 4.62. The van der Waals surface area contributed by atoms with Crippen LogP contribution in [0.3, 0.4) is 0 Å². The van der Waals surface area contributed by atoms with Crippen LogP contribution in [-0.2, 0) is 14.8 Å². The van der Waals surface area contributed by atoms with Gasteiger partial charge in [-0.2, -0.15) is 4.31 Å². The highest BCUT2D eigenvalue weighted by atomic mass is 32.2. The lowest BCUT2D eigenvalue weighted by atomic mass is 10.1. The zero-order chi connectivity index (χ0) is 21.6. The summed E-state index contributed by atoms with van der Waals surface area (Å²) in [6, 6.07) is 12.8. The minimum atomic E-state index is -3.45. The molecule has 1 atom stereocenters. The third-order valence-electron chi connectivity index (χ3n) is 5.28. The molecule has 1 amide bonds. The van der Waals surface area contributed by atoms with E-state index in [1.54, 1.807) is 12.1 Å². The lowest BCUT2D eigenvalue weighted by Gasteiger charge is -2.19. The molecule has 0 heterocycles. The summed E-state index contributed by atoms with van der Waals surface area (Å²) in [6.45, 7) is 10.8. The summed E-state index contributed by atoms with van der Waals surface area (Å²) < 4.78 is 26.6. The van der Waals surface area contributed by atoms with E-state index >= 15 is 0 Å². The molecular weight excluding hydrogens is 386 g/mol. The van der Waals surface area contributed by atoms with E-state index in [1.165, 1.54) is 4.31 Å². The minimum Gasteiger partial charge on any atom is -0.333 e. The second-order valence-corrected chi connectivity index (χ2v) is 9.12. The number of rotatable bonds is 9. The van der Waals surface area contributed by atoms with Gasteiger partial charge in [0, 0.05) is 24.3 Å². The first kappa shape index (κ1) is 23.1. The number of carbonyl (C=O) groups is 1. The van der Waals surface area contributed by atoms with Gasteiger partial charge in [0.25, 0.3) is 5.91 Å². The van der Waals surface area contributed by atoms with Gasteiger partial charge in [0.1, 0.15) is 6.04 Å². The van der Waals surface area contributed by atoms with Gasteiger partial charge in [0.2, 0.25) is 10.0 Å². The lowest BCUT2D eigenvalue weighted by molar-refractivity contribution is -0.682. The van der Waals surface area contributed by atoms with Crippen LogP contribution in [0.4, 0.5) is 5.69 Å². The average Bonchev–Trinajstić information content (AvgIpc) is 2.70. The number of benzene rings is 2. The maximum atomic E-state index is 12.6. The average molecular weight is 419 g/mol. The van der Waals surface area contributed by atoms with Crippen molar-refractivity contribution >= 4 is 21.6 Å². The standard InChI is InChI=1S/C22H31N3O3S/c1-6-25(7-2)29(27,28)20-13-11-19(12-14-20)18(5)23-15-22(26)24-21-10-8-9-16(3)17(21)4/h8-14,18,23H,6-7,15H2,1-5H3,(H,24,26)/p+1/t18-/m1/s1. The first-order valence-electron chi connectivity index (χ1n) is 10.00. The van der Waals surface area contributed by atoms with Crippen LogP contribution >= 0.6 is 0 Å². The molecule has 2 aromatic rings. The molecule has 0 radical (unpaired) electrons. The van der Waals surface area contributed by atoms with Gasteiger partial charge in [-0.05, 0) is 50.1 Å². The lowest BCUT2D eigenvalue weighted by Crippen LogP contribution is -2.86. The summed E-state index contributed by atoms with van der Waals surface area (Å²) in [5.41, 5.74) is 4.02. The Balaban J connectivity index is 1.98. The number of anilines is 1. The molecule has 0 saturated carbocycles. The van der Waals surface area contributed by atoms with Gasteiger partial charge in [-0.25, -0.2) is 8.42 Å². The third-order valence-corrected chi connectivity index (χ3v) is 7.35. The molecule has 2 aromatic carbocycles. The second kappa shape index (κ2) is 10.0. The molecule has 0 bridgehead atoms. The van der Waals surface area contributed by atoms with E-state index in [-0.39, 0.29) is 18.5 Å². The van der Waals surface area contributed by atoms with Crippen molar-refractivity contribution in [1.82, 2.24) is 4.31 Å². The predicted octanol–water partition coefficient (Wildman–Crippen LogP) is 2.60. The number of hydrogen-bond donors (Lipinski definition) is 2. The van der Waals surface area contributed by atoms with Gasteiger partial charge in [-0.1, -0.05) is 38.1 Å². The van der Waals surface area contributed by atoms with E-state index in [4.69, 9.17) is 0 Å². The van der Waals surface area contributed by atoms with Crippen LogP contribution < -0.4 is 10.6 Å². The highest BCUT2D eigenvalue weighted by Gasteiger charge is 2.22.